The molecule has 130 valence electrons. The van der Waals surface area contributed by atoms with Gasteiger partial charge >= 0.3 is 5.97 Å². The van der Waals surface area contributed by atoms with E-state index in [1.165, 1.54) is 11.3 Å². The highest BCUT2D eigenvalue weighted by molar-refractivity contribution is 7.16. The van der Waals surface area contributed by atoms with Gasteiger partial charge in [0.05, 0.1) is 11.3 Å². The molecule has 0 aromatic carbocycles. The molecule has 2 N–H and O–H groups in total. The molecule has 0 spiro atoms. The van der Waals surface area contributed by atoms with Crippen molar-refractivity contribution in [3.8, 4) is 0 Å². The second kappa shape index (κ2) is 7.17. The predicted octanol–water partition coefficient (Wildman–Crippen LogP) is 3.24. The van der Waals surface area contributed by atoms with Crippen LogP contribution < -0.4 is 5.32 Å². The Morgan fingerprint density at radius 2 is 1.92 bits per heavy atom. The average molecular weight is 349 g/mol. The molecule has 0 saturated heterocycles. The molecule has 2 aromatic rings. The summed E-state index contributed by atoms with van der Waals surface area (Å²) >= 11 is 1.33. The van der Waals surface area contributed by atoms with Crippen LogP contribution in [0.25, 0.3) is 0 Å². The minimum Gasteiger partial charge on any atom is -0.478 e. The first-order valence-corrected chi connectivity index (χ1v) is 8.72. The number of amides is 1. The molecule has 0 aliphatic carbocycles. The van der Waals surface area contributed by atoms with Crippen LogP contribution in [0.3, 0.4) is 0 Å². The highest BCUT2D eigenvalue weighted by Gasteiger charge is 2.22. The van der Waals surface area contributed by atoms with Crippen LogP contribution >= 0.6 is 11.3 Å². The highest BCUT2D eigenvalue weighted by Crippen LogP contribution is 2.33. The molecule has 2 aromatic heterocycles. The maximum absolute atomic E-state index is 12.3. The number of carbonyl (C=O) groups is 2. The van der Waals surface area contributed by atoms with Gasteiger partial charge in [-0.2, -0.15) is 5.10 Å². The summed E-state index contributed by atoms with van der Waals surface area (Å²) in [5.74, 6) is -1.17. The van der Waals surface area contributed by atoms with Gasteiger partial charge in [0.15, 0.2) is 0 Å². The van der Waals surface area contributed by atoms with Crippen molar-refractivity contribution in [2.24, 2.45) is 7.05 Å². The Balaban J connectivity index is 2.12. The van der Waals surface area contributed by atoms with Crippen LogP contribution in [0.15, 0.2) is 0 Å². The Morgan fingerprint density at radius 3 is 2.42 bits per heavy atom. The number of aromatic carboxylic acids is 1. The number of rotatable bonds is 6. The van der Waals surface area contributed by atoms with Crippen LogP contribution in [0, 0.1) is 20.8 Å². The first-order valence-electron chi connectivity index (χ1n) is 7.90. The van der Waals surface area contributed by atoms with Crippen LogP contribution in [0.2, 0.25) is 0 Å². The van der Waals surface area contributed by atoms with Crippen molar-refractivity contribution in [1.82, 2.24) is 9.78 Å². The SMILES string of the molecule is CCc1c(C)sc(NC(=O)CCc2c(C)nn(C)c2C)c1C(=O)O. The van der Waals surface area contributed by atoms with Gasteiger partial charge in [-0.3, -0.25) is 9.48 Å². The molecule has 7 heteroatoms. The van der Waals surface area contributed by atoms with Gasteiger partial charge in [0.2, 0.25) is 5.91 Å². The van der Waals surface area contributed by atoms with Gasteiger partial charge in [0, 0.05) is 24.0 Å². The fourth-order valence-electron chi connectivity index (χ4n) is 2.93. The third-order valence-corrected chi connectivity index (χ3v) is 5.35. The second-order valence-electron chi connectivity index (χ2n) is 5.82. The van der Waals surface area contributed by atoms with E-state index in [4.69, 9.17) is 0 Å². The number of carboxylic acids is 1. The lowest BCUT2D eigenvalue weighted by atomic mass is 10.1. The van der Waals surface area contributed by atoms with Gasteiger partial charge in [-0.05, 0) is 44.7 Å². The molecule has 0 bridgehead atoms. The van der Waals surface area contributed by atoms with Gasteiger partial charge in [-0.25, -0.2) is 4.79 Å². The predicted molar refractivity (Wildman–Crippen MR) is 95.0 cm³/mol. The van der Waals surface area contributed by atoms with Gasteiger partial charge in [0.25, 0.3) is 0 Å². The molecular weight excluding hydrogens is 326 g/mol. The lowest BCUT2D eigenvalue weighted by Crippen LogP contribution is -2.14. The lowest BCUT2D eigenvalue weighted by Gasteiger charge is -2.06. The summed E-state index contributed by atoms with van der Waals surface area (Å²) in [6, 6.07) is 0. The molecule has 0 aliphatic heterocycles. The van der Waals surface area contributed by atoms with Crippen LogP contribution in [0.5, 0.6) is 0 Å². The van der Waals surface area contributed by atoms with Gasteiger partial charge in [-0.1, -0.05) is 6.92 Å². The first kappa shape index (κ1) is 18.2. The maximum atomic E-state index is 12.3. The van der Waals surface area contributed by atoms with Crippen molar-refractivity contribution in [2.45, 2.75) is 47.0 Å². The van der Waals surface area contributed by atoms with Crippen molar-refractivity contribution < 1.29 is 14.7 Å². The number of carbonyl (C=O) groups excluding carboxylic acids is 1. The molecule has 0 saturated carbocycles. The number of hydrogen-bond acceptors (Lipinski definition) is 4. The Labute approximate surface area is 145 Å². The van der Waals surface area contributed by atoms with E-state index in [9.17, 15) is 14.7 Å². The zero-order valence-electron chi connectivity index (χ0n) is 14.7. The van der Waals surface area contributed by atoms with E-state index in [0.29, 0.717) is 24.3 Å². The fourth-order valence-corrected chi connectivity index (χ4v) is 4.08. The smallest absolute Gasteiger partial charge is 0.339 e. The monoisotopic (exact) mass is 349 g/mol. The van der Waals surface area contributed by atoms with Gasteiger partial charge in [-0.15, -0.1) is 11.3 Å². The van der Waals surface area contributed by atoms with E-state index in [1.807, 2.05) is 34.7 Å². The summed E-state index contributed by atoms with van der Waals surface area (Å²) in [4.78, 5) is 24.7. The molecule has 2 rings (SSSR count). The van der Waals surface area contributed by atoms with E-state index in [-0.39, 0.29) is 11.5 Å². The zero-order valence-corrected chi connectivity index (χ0v) is 15.5. The topological polar surface area (TPSA) is 84.2 Å². The van der Waals surface area contributed by atoms with Crippen molar-refractivity contribution in [3.05, 3.63) is 33.0 Å². The summed E-state index contributed by atoms with van der Waals surface area (Å²) in [7, 11) is 1.88. The summed E-state index contributed by atoms with van der Waals surface area (Å²) in [6.07, 6.45) is 1.52. The standard InChI is InChI=1S/C17H23N3O3S/c1-6-12-11(4)24-16(15(12)17(22)23)18-14(21)8-7-13-9(2)19-20(5)10(13)3/h6-8H2,1-5H3,(H,18,21)(H,22,23). The molecule has 24 heavy (non-hydrogen) atoms. The summed E-state index contributed by atoms with van der Waals surface area (Å²) < 4.78 is 1.81. The van der Waals surface area contributed by atoms with Gasteiger partial charge < -0.3 is 10.4 Å². The number of aryl methyl sites for hydroxylation is 3. The van der Waals surface area contributed by atoms with Crippen molar-refractivity contribution >= 4 is 28.2 Å². The molecule has 0 fully saturated rings. The van der Waals surface area contributed by atoms with Crippen LogP contribution in [0.1, 0.15) is 51.1 Å². The Morgan fingerprint density at radius 1 is 1.25 bits per heavy atom. The molecule has 1 amide bonds. The second-order valence-corrected chi connectivity index (χ2v) is 7.05. The largest absolute Gasteiger partial charge is 0.478 e. The van der Waals surface area contributed by atoms with E-state index in [1.54, 1.807) is 4.68 Å². The van der Waals surface area contributed by atoms with Crippen molar-refractivity contribution in [3.63, 3.8) is 0 Å². The Hall–Kier alpha value is -2.15. The van der Waals surface area contributed by atoms with Crippen LogP contribution in [0.4, 0.5) is 5.00 Å². The molecule has 0 aliphatic rings. The summed E-state index contributed by atoms with van der Waals surface area (Å²) in [5, 5.41) is 17.0. The third-order valence-electron chi connectivity index (χ3n) is 4.29. The summed E-state index contributed by atoms with van der Waals surface area (Å²) in [6.45, 7) is 7.71. The molecule has 0 radical (unpaired) electrons. The number of nitrogens with zero attached hydrogens (tertiary/aromatic N) is 2. The highest BCUT2D eigenvalue weighted by atomic mass is 32.1. The number of hydrogen-bond donors (Lipinski definition) is 2. The number of aromatic nitrogens is 2. The third kappa shape index (κ3) is 3.51. The lowest BCUT2D eigenvalue weighted by molar-refractivity contribution is -0.116. The number of nitrogens with one attached hydrogen (secondary N) is 1. The van der Waals surface area contributed by atoms with E-state index >= 15 is 0 Å². The number of anilines is 1. The van der Waals surface area contributed by atoms with Crippen LogP contribution in [-0.4, -0.2) is 26.8 Å². The molecule has 0 atom stereocenters. The molecule has 0 unspecified atom stereocenters. The van der Waals surface area contributed by atoms with Crippen molar-refractivity contribution in [1.29, 1.82) is 0 Å². The molecule has 6 nitrogen and oxygen atoms in total. The fraction of sp³-hybridized carbons (Fsp3) is 0.471. The Kier molecular flexibility index (Phi) is 5.43. The Bertz CT molecular complexity index is 790. The summed E-state index contributed by atoms with van der Waals surface area (Å²) in [5.41, 5.74) is 4.06. The molecular formula is C17H23N3O3S. The van der Waals surface area contributed by atoms with E-state index in [0.717, 1.165) is 27.4 Å². The number of thiophene rings is 1. The normalized spacial score (nSPS) is 10.9. The van der Waals surface area contributed by atoms with Gasteiger partial charge in [0.1, 0.15) is 5.00 Å². The zero-order chi connectivity index (χ0) is 18.0. The average Bonchev–Trinajstić information content (AvgIpc) is 2.93. The maximum Gasteiger partial charge on any atom is 0.339 e. The number of carboxylic acid groups (broad SMARTS) is 1. The van der Waals surface area contributed by atoms with E-state index < -0.39 is 5.97 Å². The first-order chi connectivity index (χ1) is 11.3. The van der Waals surface area contributed by atoms with E-state index in [2.05, 4.69) is 10.4 Å². The molecule has 2 heterocycles. The van der Waals surface area contributed by atoms with Crippen LogP contribution in [-0.2, 0) is 24.7 Å². The minimum absolute atomic E-state index is 0.177. The quantitative estimate of drug-likeness (QED) is 0.838. The minimum atomic E-state index is -0.995. The van der Waals surface area contributed by atoms with Crippen molar-refractivity contribution in [2.75, 3.05) is 5.32 Å².